The van der Waals surface area contributed by atoms with E-state index < -0.39 is 0 Å². The number of aryl methyl sites for hydroxylation is 2. The van der Waals surface area contributed by atoms with Crippen LogP contribution in [0.5, 0.6) is 0 Å². The van der Waals surface area contributed by atoms with E-state index in [1.54, 1.807) is 6.26 Å². The maximum Gasteiger partial charge on any atom is 0.271 e. The molecule has 0 bridgehead atoms. The smallest absolute Gasteiger partial charge is 0.271 e. The SMILES string of the molecule is Cc1sc(-c2ccco2)nc1C(=O)NCCCc1ccc(N(C)C)cc1. The Balaban J connectivity index is 1.50. The number of carbonyl (C=O) groups is 1. The molecule has 136 valence electrons. The quantitative estimate of drug-likeness (QED) is 0.636. The average molecular weight is 369 g/mol. The van der Waals surface area contributed by atoms with E-state index in [9.17, 15) is 4.79 Å². The van der Waals surface area contributed by atoms with Crippen molar-refractivity contribution in [3.8, 4) is 10.8 Å². The molecule has 2 aromatic heterocycles. The second-order valence-corrected chi connectivity index (χ2v) is 7.52. The number of thiazole rings is 1. The highest BCUT2D eigenvalue weighted by molar-refractivity contribution is 7.15. The molecule has 1 N–H and O–H groups in total. The van der Waals surface area contributed by atoms with Gasteiger partial charge in [0.05, 0.1) is 6.26 Å². The van der Waals surface area contributed by atoms with Crippen molar-refractivity contribution in [1.29, 1.82) is 0 Å². The fourth-order valence-corrected chi connectivity index (χ4v) is 3.53. The molecule has 0 saturated heterocycles. The highest BCUT2D eigenvalue weighted by atomic mass is 32.1. The zero-order chi connectivity index (χ0) is 18.5. The third-order valence-electron chi connectivity index (χ3n) is 4.12. The molecule has 0 atom stereocenters. The third-order valence-corrected chi connectivity index (χ3v) is 5.11. The van der Waals surface area contributed by atoms with Crippen LogP contribution in [0.2, 0.25) is 0 Å². The van der Waals surface area contributed by atoms with Crippen LogP contribution in [-0.4, -0.2) is 31.5 Å². The Morgan fingerprint density at radius 1 is 1.23 bits per heavy atom. The summed E-state index contributed by atoms with van der Waals surface area (Å²) in [6, 6.07) is 12.2. The molecule has 3 aromatic rings. The van der Waals surface area contributed by atoms with Gasteiger partial charge in [0.15, 0.2) is 10.8 Å². The summed E-state index contributed by atoms with van der Waals surface area (Å²) < 4.78 is 5.35. The second-order valence-electron chi connectivity index (χ2n) is 6.32. The average Bonchev–Trinajstić information content (AvgIpc) is 3.28. The number of hydrogen-bond donors (Lipinski definition) is 1. The zero-order valence-electron chi connectivity index (χ0n) is 15.3. The normalized spacial score (nSPS) is 10.7. The molecule has 0 aliphatic heterocycles. The predicted molar refractivity (Wildman–Crippen MR) is 106 cm³/mol. The van der Waals surface area contributed by atoms with Gasteiger partial charge in [-0.2, -0.15) is 0 Å². The Bertz CT molecular complexity index is 852. The largest absolute Gasteiger partial charge is 0.462 e. The van der Waals surface area contributed by atoms with E-state index in [-0.39, 0.29) is 5.91 Å². The minimum Gasteiger partial charge on any atom is -0.462 e. The van der Waals surface area contributed by atoms with Gasteiger partial charge in [0.2, 0.25) is 0 Å². The van der Waals surface area contributed by atoms with Gasteiger partial charge >= 0.3 is 0 Å². The fraction of sp³-hybridized carbons (Fsp3) is 0.300. The molecule has 1 aromatic carbocycles. The summed E-state index contributed by atoms with van der Waals surface area (Å²) in [5.74, 6) is 0.567. The first-order valence-electron chi connectivity index (χ1n) is 8.60. The van der Waals surface area contributed by atoms with E-state index in [1.165, 1.54) is 22.6 Å². The van der Waals surface area contributed by atoms with Gasteiger partial charge in [0.1, 0.15) is 5.69 Å². The first-order valence-corrected chi connectivity index (χ1v) is 9.42. The lowest BCUT2D eigenvalue weighted by molar-refractivity contribution is 0.0948. The molecule has 0 fully saturated rings. The van der Waals surface area contributed by atoms with E-state index in [1.807, 2.05) is 33.2 Å². The van der Waals surface area contributed by atoms with Crippen LogP contribution >= 0.6 is 11.3 Å². The molecule has 0 spiro atoms. The van der Waals surface area contributed by atoms with E-state index >= 15 is 0 Å². The molecule has 0 aliphatic rings. The zero-order valence-corrected chi connectivity index (χ0v) is 16.1. The van der Waals surface area contributed by atoms with E-state index in [4.69, 9.17) is 4.42 Å². The maximum absolute atomic E-state index is 12.4. The van der Waals surface area contributed by atoms with Crippen molar-refractivity contribution >= 4 is 22.9 Å². The minimum atomic E-state index is -0.125. The number of benzene rings is 1. The van der Waals surface area contributed by atoms with Crippen LogP contribution in [0, 0.1) is 6.92 Å². The van der Waals surface area contributed by atoms with Gasteiger partial charge in [0.25, 0.3) is 5.91 Å². The molecular formula is C20H23N3O2S. The van der Waals surface area contributed by atoms with Crippen molar-refractivity contribution < 1.29 is 9.21 Å². The van der Waals surface area contributed by atoms with Gasteiger partial charge in [-0.15, -0.1) is 11.3 Å². The van der Waals surface area contributed by atoms with Crippen LogP contribution in [0.25, 0.3) is 10.8 Å². The number of carbonyl (C=O) groups excluding carboxylic acids is 1. The number of anilines is 1. The monoisotopic (exact) mass is 369 g/mol. The van der Waals surface area contributed by atoms with Crippen molar-refractivity contribution in [2.45, 2.75) is 19.8 Å². The Morgan fingerprint density at radius 2 is 2.00 bits per heavy atom. The lowest BCUT2D eigenvalue weighted by Crippen LogP contribution is -2.25. The molecule has 5 nitrogen and oxygen atoms in total. The summed E-state index contributed by atoms with van der Waals surface area (Å²) in [5.41, 5.74) is 2.94. The molecule has 0 unspecified atom stereocenters. The fourth-order valence-electron chi connectivity index (χ4n) is 2.65. The van der Waals surface area contributed by atoms with E-state index in [2.05, 4.69) is 39.5 Å². The van der Waals surface area contributed by atoms with Gasteiger partial charge in [-0.1, -0.05) is 12.1 Å². The van der Waals surface area contributed by atoms with Gasteiger partial charge in [0, 0.05) is 31.2 Å². The Labute approximate surface area is 157 Å². The van der Waals surface area contributed by atoms with E-state index in [0.29, 0.717) is 18.0 Å². The molecular weight excluding hydrogens is 346 g/mol. The Hall–Kier alpha value is -2.60. The van der Waals surface area contributed by atoms with Crippen LogP contribution in [0.4, 0.5) is 5.69 Å². The van der Waals surface area contributed by atoms with E-state index in [0.717, 1.165) is 22.7 Å². The van der Waals surface area contributed by atoms with Crippen LogP contribution < -0.4 is 10.2 Å². The third kappa shape index (κ3) is 4.32. The minimum absolute atomic E-state index is 0.125. The first-order chi connectivity index (χ1) is 12.5. The molecule has 26 heavy (non-hydrogen) atoms. The summed E-state index contributed by atoms with van der Waals surface area (Å²) in [7, 11) is 4.06. The highest BCUT2D eigenvalue weighted by Gasteiger charge is 2.17. The second kappa shape index (κ2) is 8.19. The summed E-state index contributed by atoms with van der Waals surface area (Å²) in [5, 5.41) is 3.70. The number of rotatable bonds is 7. The van der Waals surface area contributed by atoms with Crippen LogP contribution in [-0.2, 0) is 6.42 Å². The first kappa shape index (κ1) is 18.2. The van der Waals surface area contributed by atoms with Crippen molar-refractivity contribution in [2.24, 2.45) is 0 Å². The molecule has 1 amide bonds. The summed E-state index contributed by atoms with van der Waals surface area (Å²) in [4.78, 5) is 19.8. The van der Waals surface area contributed by atoms with Crippen molar-refractivity contribution in [1.82, 2.24) is 10.3 Å². The lowest BCUT2D eigenvalue weighted by Gasteiger charge is -2.12. The predicted octanol–water partition coefficient (Wildman–Crippen LogP) is 4.14. The standard InChI is InChI=1S/C20H23N3O2S/c1-14-18(22-20(26-14)17-7-5-13-25-17)19(24)21-12-4-6-15-8-10-16(11-9-15)23(2)3/h5,7-11,13H,4,6,12H2,1-3H3,(H,21,24). The highest BCUT2D eigenvalue weighted by Crippen LogP contribution is 2.27. The number of nitrogens with zero attached hydrogens (tertiary/aromatic N) is 2. The number of aromatic nitrogens is 1. The molecule has 3 rings (SSSR count). The Kier molecular flexibility index (Phi) is 5.73. The van der Waals surface area contributed by atoms with Crippen LogP contribution in [0.15, 0.2) is 47.1 Å². The summed E-state index contributed by atoms with van der Waals surface area (Å²) in [6.07, 6.45) is 3.43. The van der Waals surface area contributed by atoms with Crippen molar-refractivity contribution in [2.75, 3.05) is 25.5 Å². The number of amides is 1. The van der Waals surface area contributed by atoms with Crippen molar-refractivity contribution in [3.63, 3.8) is 0 Å². The van der Waals surface area contributed by atoms with Gasteiger partial charge in [-0.25, -0.2) is 4.98 Å². The van der Waals surface area contributed by atoms with Crippen molar-refractivity contribution in [3.05, 3.63) is 58.8 Å². The van der Waals surface area contributed by atoms with Crippen LogP contribution in [0.1, 0.15) is 27.3 Å². The topological polar surface area (TPSA) is 58.4 Å². The van der Waals surface area contributed by atoms with Gasteiger partial charge in [-0.05, 0) is 49.6 Å². The molecule has 6 heteroatoms. The number of nitrogens with one attached hydrogen (secondary N) is 1. The summed E-state index contributed by atoms with van der Waals surface area (Å²) in [6.45, 7) is 2.53. The summed E-state index contributed by atoms with van der Waals surface area (Å²) >= 11 is 1.47. The molecule has 0 aliphatic carbocycles. The van der Waals surface area contributed by atoms with Gasteiger partial charge in [-0.3, -0.25) is 4.79 Å². The van der Waals surface area contributed by atoms with Crippen LogP contribution in [0.3, 0.4) is 0 Å². The molecule has 2 heterocycles. The van der Waals surface area contributed by atoms with Gasteiger partial charge < -0.3 is 14.6 Å². The number of furan rings is 1. The maximum atomic E-state index is 12.4. The lowest BCUT2D eigenvalue weighted by atomic mass is 10.1. The molecule has 0 saturated carbocycles. The Morgan fingerprint density at radius 3 is 2.65 bits per heavy atom. The molecule has 0 radical (unpaired) electrons. The number of hydrogen-bond acceptors (Lipinski definition) is 5.